The molecule has 0 aromatic rings. The Morgan fingerprint density at radius 3 is 2.57 bits per heavy atom. The molecule has 2 nitrogen and oxygen atoms in total. The van der Waals surface area contributed by atoms with E-state index in [0.717, 1.165) is 12.5 Å². The number of amides is 1. The summed E-state index contributed by atoms with van der Waals surface area (Å²) in [5.74, 6) is 1.64. The van der Waals surface area contributed by atoms with Gasteiger partial charge in [0.05, 0.1) is 0 Å². The molecule has 0 atom stereocenters. The largest absolute Gasteiger partial charge is 0.352 e. The molecule has 0 aliphatic heterocycles. The molecular weight excluding hydrogens is 174 g/mol. The molecule has 0 radical (unpaired) electrons. The first kappa shape index (κ1) is 11.3. The van der Waals surface area contributed by atoms with Crippen LogP contribution in [0.2, 0.25) is 0 Å². The smallest absolute Gasteiger partial charge is 0.243 e. The third-order valence-electron chi connectivity index (χ3n) is 3.02. The van der Waals surface area contributed by atoms with E-state index in [1.54, 1.807) is 12.2 Å². The molecular formula is C12H21NO. The number of carbonyl (C=O) groups is 1. The second-order valence-corrected chi connectivity index (χ2v) is 4.37. The zero-order valence-electron chi connectivity index (χ0n) is 9.25. The van der Waals surface area contributed by atoms with E-state index in [1.807, 2.05) is 6.92 Å². The highest BCUT2D eigenvalue weighted by Gasteiger charge is 2.17. The number of carbonyl (C=O) groups excluding carboxylic acids is 1. The minimum Gasteiger partial charge on any atom is -0.352 e. The van der Waals surface area contributed by atoms with Crippen LogP contribution in [0.3, 0.4) is 0 Å². The highest BCUT2D eigenvalue weighted by atomic mass is 16.1. The minimum atomic E-state index is 0.0473. The van der Waals surface area contributed by atoms with Gasteiger partial charge in [-0.1, -0.05) is 25.8 Å². The van der Waals surface area contributed by atoms with Crippen molar-refractivity contribution in [1.82, 2.24) is 5.32 Å². The zero-order valence-corrected chi connectivity index (χ0v) is 9.25. The maximum atomic E-state index is 11.2. The molecule has 1 aliphatic rings. The summed E-state index contributed by atoms with van der Waals surface area (Å²) in [6.45, 7) is 5.03. The molecule has 80 valence electrons. The van der Waals surface area contributed by atoms with Crippen LogP contribution in [-0.4, -0.2) is 12.5 Å². The van der Waals surface area contributed by atoms with Crippen molar-refractivity contribution in [2.45, 2.75) is 39.5 Å². The fourth-order valence-electron chi connectivity index (χ4n) is 1.99. The first-order valence-corrected chi connectivity index (χ1v) is 5.63. The average molecular weight is 195 g/mol. The third kappa shape index (κ3) is 3.95. The molecule has 0 unspecified atom stereocenters. The minimum absolute atomic E-state index is 0.0473. The van der Waals surface area contributed by atoms with Gasteiger partial charge in [-0.3, -0.25) is 4.79 Å². The monoisotopic (exact) mass is 195 g/mol. The Hall–Kier alpha value is -0.790. The molecule has 0 spiro atoms. The fourth-order valence-corrected chi connectivity index (χ4v) is 1.99. The van der Waals surface area contributed by atoms with E-state index < -0.39 is 0 Å². The zero-order chi connectivity index (χ0) is 10.4. The highest BCUT2D eigenvalue weighted by molar-refractivity contribution is 5.87. The van der Waals surface area contributed by atoms with Crippen LogP contribution >= 0.6 is 0 Å². The second kappa shape index (κ2) is 5.84. The van der Waals surface area contributed by atoms with Crippen molar-refractivity contribution in [3.63, 3.8) is 0 Å². The summed E-state index contributed by atoms with van der Waals surface area (Å²) in [6, 6.07) is 0. The summed E-state index contributed by atoms with van der Waals surface area (Å²) < 4.78 is 0. The van der Waals surface area contributed by atoms with Crippen molar-refractivity contribution in [2.24, 2.45) is 11.8 Å². The molecule has 1 fully saturated rings. The fraction of sp³-hybridized carbons (Fsp3) is 0.750. The highest BCUT2D eigenvalue weighted by Crippen LogP contribution is 2.27. The summed E-state index contributed by atoms with van der Waals surface area (Å²) in [7, 11) is 0. The van der Waals surface area contributed by atoms with E-state index in [9.17, 15) is 4.79 Å². The van der Waals surface area contributed by atoms with Crippen molar-refractivity contribution in [3.05, 3.63) is 12.2 Å². The SMILES string of the molecule is CC=CC(=O)NCC1CCC(C)CC1. The van der Waals surface area contributed by atoms with Gasteiger partial charge in [0.15, 0.2) is 0 Å². The van der Waals surface area contributed by atoms with Gasteiger partial charge in [-0.2, -0.15) is 0 Å². The number of rotatable bonds is 3. The molecule has 2 heteroatoms. The Morgan fingerprint density at radius 2 is 2.00 bits per heavy atom. The average Bonchev–Trinajstić information content (AvgIpc) is 2.17. The van der Waals surface area contributed by atoms with Gasteiger partial charge in [-0.15, -0.1) is 0 Å². The van der Waals surface area contributed by atoms with Crippen molar-refractivity contribution in [1.29, 1.82) is 0 Å². The summed E-state index contributed by atoms with van der Waals surface area (Å²) in [6.07, 6.45) is 8.56. The van der Waals surface area contributed by atoms with E-state index in [2.05, 4.69) is 12.2 Å². The molecule has 0 saturated heterocycles. The van der Waals surface area contributed by atoms with Crippen molar-refractivity contribution in [3.8, 4) is 0 Å². The van der Waals surface area contributed by atoms with Crippen LogP contribution in [-0.2, 0) is 4.79 Å². The van der Waals surface area contributed by atoms with Crippen LogP contribution in [0.25, 0.3) is 0 Å². The molecule has 14 heavy (non-hydrogen) atoms. The Kier molecular flexibility index (Phi) is 4.71. The van der Waals surface area contributed by atoms with E-state index in [-0.39, 0.29) is 5.91 Å². The van der Waals surface area contributed by atoms with Crippen molar-refractivity contribution < 1.29 is 4.79 Å². The van der Waals surface area contributed by atoms with E-state index in [4.69, 9.17) is 0 Å². The number of allylic oxidation sites excluding steroid dienone is 1. The van der Waals surface area contributed by atoms with Crippen LogP contribution in [0.4, 0.5) is 0 Å². The van der Waals surface area contributed by atoms with Gasteiger partial charge in [0, 0.05) is 6.54 Å². The van der Waals surface area contributed by atoms with Gasteiger partial charge in [0.2, 0.25) is 5.91 Å². The molecule has 1 amide bonds. The van der Waals surface area contributed by atoms with Crippen LogP contribution in [0, 0.1) is 11.8 Å². The Balaban J connectivity index is 2.16. The molecule has 1 aliphatic carbocycles. The predicted octanol–water partition coefficient (Wildman–Crippen LogP) is 2.51. The van der Waals surface area contributed by atoms with E-state index in [1.165, 1.54) is 25.7 Å². The van der Waals surface area contributed by atoms with E-state index >= 15 is 0 Å². The maximum Gasteiger partial charge on any atom is 0.243 e. The maximum absolute atomic E-state index is 11.2. The third-order valence-corrected chi connectivity index (χ3v) is 3.02. The van der Waals surface area contributed by atoms with Crippen LogP contribution in [0.1, 0.15) is 39.5 Å². The summed E-state index contributed by atoms with van der Waals surface area (Å²) in [5.41, 5.74) is 0. The Bertz CT molecular complexity index is 202. The quantitative estimate of drug-likeness (QED) is 0.689. The van der Waals surface area contributed by atoms with Crippen molar-refractivity contribution in [2.75, 3.05) is 6.54 Å². The van der Waals surface area contributed by atoms with Crippen LogP contribution in [0.5, 0.6) is 0 Å². The lowest BCUT2D eigenvalue weighted by Gasteiger charge is -2.25. The van der Waals surface area contributed by atoms with Gasteiger partial charge in [0.25, 0.3) is 0 Å². The van der Waals surface area contributed by atoms with E-state index in [0.29, 0.717) is 5.92 Å². The number of hydrogen-bond donors (Lipinski definition) is 1. The Morgan fingerprint density at radius 1 is 1.36 bits per heavy atom. The second-order valence-electron chi connectivity index (χ2n) is 4.37. The summed E-state index contributed by atoms with van der Waals surface area (Å²) in [5, 5.41) is 2.94. The lowest BCUT2D eigenvalue weighted by Crippen LogP contribution is -2.29. The molecule has 1 saturated carbocycles. The molecule has 1 rings (SSSR count). The first-order chi connectivity index (χ1) is 6.72. The Labute approximate surface area is 86.8 Å². The molecule has 0 bridgehead atoms. The topological polar surface area (TPSA) is 29.1 Å². The van der Waals surface area contributed by atoms with Crippen LogP contribution in [0.15, 0.2) is 12.2 Å². The van der Waals surface area contributed by atoms with Crippen LogP contribution < -0.4 is 5.32 Å². The lowest BCUT2D eigenvalue weighted by atomic mass is 9.83. The first-order valence-electron chi connectivity index (χ1n) is 5.63. The summed E-state index contributed by atoms with van der Waals surface area (Å²) in [4.78, 5) is 11.2. The van der Waals surface area contributed by atoms with Gasteiger partial charge in [-0.25, -0.2) is 0 Å². The molecule has 0 heterocycles. The lowest BCUT2D eigenvalue weighted by molar-refractivity contribution is -0.116. The standard InChI is InChI=1S/C12H21NO/c1-3-4-12(14)13-9-11-7-5-10(2)6-8-11/h3-4,10-11H,5-9H2,1-2H3,(H,13,14). The van der Waals surface area contributed by atoms with Crippen molar-refractivity contribution >= 4 is 5.91 Å². The van der Waals surface area contributed by atoms with Gasteiger partial charge < -0.3 is 5.32 Å². The van der Waals surface area contributed by atoms with Gasteiger partial charge in [-0.05, 0) is 37.7 Å². The molecule has 1 N–H and O–H groups in total. The molecule has 0 aromatic heterocycles. The number of nitrogens with one attached hydrogen (secondary N) is 1. The normalized spacial score (nSPS) is 27.9. The predicted molar refractivity (Wildman–Crippen MR) is 58.9 cm³/mol. The van der Waals surface area contributed by atoms with Gasteiger partial charge in [0.1, 0.15) is 0 Å². The van der Waals surface area contributed by atoms with Gasteiger partial charge >= 0.3 is 0 Å². The summed E-state index contributed by atoms with van der Waals surface area (Å²) >= 11 is 0. The molecule has 0 aromatic carbocycles. The number of hydrogen-bond acceptors (Lipinski definition) is 1.